The van der Waals surface area contributed by atoms with Gasteiger partial charge in [0.15, 0.2) is 11.6 Å². The molecule has 3 aromatic heterocycles. The highest BCUT2D eigenvalue weighted by Gasteiger charge is 2.48. The Balaban J connectivity index is 1.08. The number of nitrogens with zero attached hydrogens (tertiary/aromatic N) is 5. The van der Waals surface area contributed by atoms with E-state index in [1.807, 2.05) is 60.4 Å². The van der Waals surface area contributed by atoms with Crippen molar-refractivity contribution in [2.45, 2.75) is 62.6 Å². The molecule has 1 aliphatic carbocycles. The molecule has 2 fully saturated rings. The summed E-state index contributed by atoms with van der Waals surface area (Å²) in [7, 11) is 0. The van der Waals surface area contributed by atoms with Crippen LogP contribution in [-0.2, 0) is 17.5 Å². The lowest BCUT2D eigenvalue weighted by atomic mass is 9.72. The molecule has 3 aliphatic rings. The van der Waals surface area contributed by atoms with Crippen molar-refractivity contribution in [1.82, 2.24) is 30.0 Å². The Kier molecular flexibility index (Phi) is 6.17. The summed E-state index contributed by atoms with van der Waals surface area (Å²) in [6.07, 6.45) is 10.1. The molecule has 2 atom stereocenters. The zero-order valence-electron chi connectivity index (χ0n) is 23.3. The average molecular weight is 550 g/mol. The second kappa shape index (κ2) is 9.90. The van der Waals surface area contributed by atoms with E-state index in [9.17, 15) is 4.79 Å². The van der Waals surface area contributed by atoms with Crippen molar-refractivity contribution in [3.05, 3.63) is 90.0 Å². The van der Waals surface area contributed by atoms with E-state index in [-0.39, 0.29) is 23.1 Å². The van der Waals surface area contributed by atoms with Crippen molar-refractivity contribution in [2.24, 2.45) is 0 Å². The summed E-state index contributed by atoms with van der Waals surface area (Å²) >= 11 is 0. The molecule has 0 bridgehead atoms. The number of rotatable bonds is 6. The fourth-order valence-electron chi connectivity index (χ4n) is 6.71. The number of anilines is 1. The molecule has 1 spiro atoms. The number of likely N-dealkylation sites (tertiary alicyclic amines) is 1. The maximum absolute atomic E-state index is 13.5. The van der Waals surface area contributed by atoms with Gasteiger partial charge in [0.1, 0.15) is 6.10 Å². The maximum atomic E-state index is 13.5. The number of aryl methyl sites for hydroxylation is 1. The molecule has 210 valence electrons. The first kappa shape index (κ1) is 25.6. The third-order valence-electron chi connectivity index (χ3n) is 9.30. The number of hydrogen-bond acceptors (Lipinski definition) is 6. The van der Waals surface area contributed by atoms with E-state index < -0.39 is 0 Å². The van der Waals surface area contributed by atoms with Gasteiger partial charge in [-0.25, -0.2) is 9.78 Å². The van der Waals surface area contributed by atoms with E-state index in [4.69, 9.17) is 15.6 Å². The highest BCUT2D eigenvalue weighted by Crippen LogP contribution is 2.45. The summed E-state index contributed by atoms with van der Waals surface area (Å²) < 4.78 is 8.32. The number of aromatic nitrogens is 4. The smallest absolute Gasteiger partial charge is 0.318 e. The first-order valence-electron chi connectivity index (χ1n) is 14.5. The molecule has 9 nitrogen and oxygen atoms in total. The van der Waals surface area contributed by atoms with Crippen molar-refractivity contribution < 1.29 is 9.53 Å². The average Bonchev–Trinajstić information content (AvgIpc) is 3.69. The van der Waals surface area contributed by atoms with E-state index in [2.05, 4.69) is 26.0 Å². The van der Waals surface area contributed by atoms with E-state index >= 15 is 0 Å². The van der Waals surface area contributed by atoms with Crippen LogP contribution in [0.4, 0.5) is 10.6 Å². The first-order chi connectivity index (χ1) is 19.9. The molecular weight excluding hydrogens is 514 g/mol. The van der Waals surface area contributed by atoms with Crippen LogP contribution >= 0.6 is 0 Å². The number of amides is 2. The van der Waals surface area contributed by atoms with Gasteiger partial charge in [-0.3, -0.25) is 9.67 Å². The minimum Gasteiger partial charge on any atom is -0.482 e. The zero-order chi connectivity index (χ0) is 28.0. The van der Waals surface area contributed by atoms with Crippen molar-refractivity contribution in [3.8, 4) is 17.0 Å². The minimum atomic E-state index is -0.277. The lowest BCUT2D eigenvalue weighted by Crippen LogP contribution is -2.54. The standard InChI is InChI=1S/C32H35N7O2/c1-22(23-6-3-2-4-7-23)41-27-18-24(20-35-29(27)33)26-19-28-31(13-17-39(28)37-26)12-16-38(21-31)30(40)36-32(10-5-11-32)25-8-14-34-15-9-25/h2-4,6-9,14-15,18-20,22H,5,10-13,16-17,21H2,1H3,(H2,33,35)(H,36,40)/t22-,31?/m0/s1. The van der Waals surface area contributed by atoms with Crippen LogP contribution in [-0.4, -0.2) is 43.8 Å². The van der Waals surface area contributed by atoms with Crippen LogP contribution in [0.5, 0.6) is 5.75 Å². The highest BCUT2D eigenvalue weighted by atomic mass is 16.5. The summed E-state index contributed by atoms with van der Waals surface area (Å²) in [5, 5.41) is 8.33. The number of urea groups is 1. The van der Waals surface area contributed by atoms with E-state index in [0.717, 1.165) is 67.6 Å². The summed E-state index contributed by atoms with van der Waals surface area (Å²) in [6, 6.07) is 18.2. The Morgan fingerprint density at radius 3 is 2.59 bits per heavy atom. The van der Waals surface area contributed by atoms with Crippen LogP contribution in [0, 0.1) is 0 Å². The van der Waals surface area contributed by atoms with Gasteiger partial charge >= 0.3 is 6.03 Å². The van der Waals surface area contributed by atoms with Gasteiger partial charge in [-0.05, 0) is 74.4 Å². The molecule has 2 aliphatic heterocycles. The fourth-order valence-corrected chi connectivity index (χ4v) is 6.71. The van der Waals surface area contributed by atoms with Gasteiger partial charge in [0.2, 0.25) is 0 Å². The normalized spacial score (nSPS) is 21.3. The third kappa shape index (κ3) is 4.49. The van der Waals surface area contributed by atoms with Crippen LogP contribution in [0.1, 0.15) is 62.0 Å². The topological polar surface area (TPSA) is 111 Å². The summed E-state index contributed by atoms with van der Waals surface area (Å²) in [5.74, 6) is 0.901. The second-order valence-corrected chi connectivity index (χ2v) is 11.7. The number of nitrogen functional groups attached to an aromatic ring is 1. The number of carbonyl (C=O) groups is 1. The van der Waals surface area contributed by atoms with E-state index in [1.165, 1.54) is 5.69 Å². The van der Waals surface area contributed by atoms with Gasteiger partial charge in [0.05, 0.1) is 11.2 Å². The van der Waals surface area contributed by atoms with E-state index in [1.54, 1.807) is 18.6 Å². The summed E-state index contributed by atoms with van der Waals surface area (Å²) in [5.41, 5.74) is 10.9. The SMILES string of the molecule is C[C@H](Oc1cc(-c2cc3n(n2)CCC32CCN(C(=O)NC3(c4ccncc4)CCC3)C2)cnc1N)c1ccccc1. The molecule has 1 aromatic carbocycles. The first-order valence-corrected chi connectivity index (χ1v) is 14.5. The number of fused-ring (bicyclic) bond motifs is 2. The van der Waals surface area contributed by atoms with Crippen LogP contribution in [0.2, 0.25) is 0 Å². The van der Waals surface area contributed by atoms with Gasteiger partial charge in [-0.15, -0.1) is 0 Å². The van der Waals surface area contributed by atoms with Crippen molar-refractivity contribution in [2.75, 3.05) is 18.8 Å². The molecule has 5 heterocycles. The predicted octanol–water partition coefficient (Wildman–Crippen LogP) is 5.20. The molecular formula is C32H35N7O2. The Morgan fingerprint density at radius 2 is 1.83 bits per heavy atom. The van der Waals surface area contributed by atoms with Crippen LogP contribution in [0.3, 0.4) is 0 Å². The van der Waals surface area contributed by atoms with Crippen LogP contribution in [0.25, 0.3) is 11.3 Å². The summed E-state index contributed by atoms with van der Waals surface area (Å²) in [6.45, 7) is 4.27. The molecule has 7 rings (SSSR count). The minimum absolute atomic E-state index is 0.0219. The zero-order valence-corrected chi connectivity index (χ0v) is 23.3. The van der Waals surface area contributed by atoms with Gasteiger partial charge < -0.3 is 20.7 Å². The Morgan fingerprint density at radius 1 is 1.05 bits per heavy atom. The number of nitrogens with one attached hydrogen (secondary N) is 1. The second-order valence-electron chi connectivity index (χ2n) is 11.7. The highest BCUT2D eigenvalue weighted by molar-refractivity contribution is 5.76. The number of ether oxygens (including phenoxy) is 1. The maximum Gasteiger partial charge on any atom is 0.318 e. The molecule has 4 aromatic rings. The number of benzene rings is 1. The van der Waals surface area contributed by atoms with Crippen LogP contribution in [0.15, 0.2) is 73.2 Å². The monoisotopic (exact) mass is 549 g/mol. The summed E-state index contributed by atoms with van der Waals surface area (Å²) in [4.78, 5) is 24.1. The largest absolute Gasteiger partial charge is 0.482 e. The molecule has 1 unspecified atom stereocenters. The Labute approximate surface area is 239 Å². The Bertz CT molecular complexity index is 1570. The Hall–Kier alpha value is -4.40. The number of pyridine rings is 2. The van der Waals surface area contributed by atoms with Crippen molar-refractivity contribution >= 4 is 11.8 Å². The molecule has 0 radical (unpaired) electrons. The lowest BCUT2D eigenvalue weighted by Gasteiger charge is -2.43. The molecule has 1 saturated heterocycles. The van der Waals surface area contributed by atoms with Crippen molar-refractivity contribution in [3.63, 3.8) is 0 Å². The number of nitrogens with two attached hydrogens (primary N) is 1. The molecule has 2 amide bonds. The molecule has 41 heavy (non-hydrogen) atoms. The fraction of sp³-hybridized carbons (Fsp3) is 0.375. The van der Waals surface area contributed by atoms with Gasteiger partial charge in [0.25, 0.3) is 0 Å². The van der Waals surface area contributed by atoms with Gasteiger partial charge in [-0.2, -0.15) is 5.10 Å². The molecule has 9 heteroatoms. The molecule has 1 saturated carbocycles. The van der Waals surface area contributed by atoms with Gasteiger partial charge in [0, 0.05) is 54.9 Å². The third-order valence-corrected chi connectivity index (χ3v) is 9.30. The quantitative estimate of drug-likeness (QED) is 0.342. The lowest BCUT2D eigenvalue weighted by molar-refractivity contribution is 0.154. The van der Waals surface area contributed by atoms with E-state index in [0.29, 0.717) is 18.1 Å². The number of hydrogen-bond donors (Lipinski definition) is 2. The van der Waals surface area contributed by atoms with Gasteiger partial charge in [-0.1, -0.05) is 30.3 Å². The van der Waals surface area contributed by atoms with Crippen molar-refractivity contribution in [1.29, 1.82) is 0 Å². The predicted molar refractivity (Wildman–Crippen MR) is 156 cm³/mol. The molecule has 3 N–H and O–H groups in total. The number of carbonyl (C=O) groups excluding carboxylic acids is 1. The van der Waals surface area contributed by atoms with Crippen LogP contribution < -0.4 is 15.8 Å².